The number of likely N-dealkylation sites (N-methyl/N-ethyl adjacent to an activating group) is 1. The van der Waals surface area contributed by atoms with E-state index in [2.05, 4.69) is 0 Å². The standard InChI is InChI=1S/C11H26N2O3S/c1-6-8-9-12(5)17(15,16)13(7-2)10-11(3,4)14/h14H,6-10H2,1-5H3. The Balaban J connectivity index is 4.75. The summed E-state index contributed by atoms with van der Waals surface area (Å²) in [6.45, 7) is 8.01. The molecule has 0 aromatic heterocycles. The van der Waals surface area contributed by atoms with Gasteiger partial charge in [0.1, 0.15) is 0 Å². The lowest BCUT2D eigenvalue weighted by Gasteiger charge is -2.30. The molecule has 0 bridgehead atoms. The maximum absolute atomic E-state index is 12.2. The van der Waals surface area contributed by atoms with Crippen molar-refractivity contribution in [3.63, 3.8) is 0 Å². The van der Waals surface area contributed by atoms with Crippen molar-refractivity contribution in [2.24, 2.45) is 0 Å². The van der Waals surface area contributed by atoms with Crippen LogP contribution in [-0.4, -0.2) is 54.4 Å². The van der Waals surface area contributed by atoms with Gasteiger partial charge in [-0.1, -0.05) is 20.3 Å². The Morgan fingerprint density at radius 3 is 2.12 bits per heavy atom. The van der Waals surface area contributed by atoms with E-state index in [1.54, 1.807) is 27.8 Å². The highest BCUT2D eigenvalue weighted by atomic mass is 32.2. The van der Waals surface area contributed by atoms with Crippen LogP contribution < -0.4 is 0 Å². The topological polar surface area (TPSA) is 60.9 Å². The summed E-state index contributed by atoms with van der Waals surface area (Å²) < 4.78 is 27.0. The molecule has 0 fully saturated rings. The smallest absolute Gasteiger partial charge is 0.281 e. The fraction of sp³-hybridized carbons (Fsp3) is 1.00. The Morgan fingerprint density at radius 1 is 1.24 bits per heavy atom. The average Bonchev–Trinajstić information content (AvgIpc) is 2.20. The third kappa shape index (κ3) is 5.81. The highest BCUT2D eigenvalue weighted by Crippen LogP contribution is 2.12. The van der Waals surface area contributed by atoms with Crippen LogP contribution in [0.1, 0.15) is 40.5 Å². The molecule has 1 N–H and O–H groups in total. The minimum Gasteiger partial charge on any atom is -0.389 e. The van der Waals surface area contributed by atoms with Crippen molar-refractivity contribution in [2.75, 3.05) is 26.7 Å². The van der Waals surface area contributed by atoms with E-state index in [-0.39, 0.29) is 6.54 Å². The molecule has 0 amide bonds. The van der Waals surface area contributed by atoms with Gasteiger partial charge in [-0.3, -0.25) is 0 Å². The molecule has 0 unspecified atom stereocenters. The van der Waals surface area contributed by atoms with Gasteiger partial charge in [-0.05, 0) is 20.3 Å². The van der Waals surface area contributed by atoms with Crippen molar-refractivity contribution in [1.82, 2.24) is 8.61 Å². The van der Waals surface area contributed by atoms with E-state index in [0.29, 0.717) is 13.1 Å². The second kappa shape index (κ2) is 6.68. The first-order chi connectivity index (χ1) is 7.65. The van der Waals surface area contributed by atoms with Crippen LogP contribution in [0.15, 0.2) is 0 Å². The van der Waals surface area contributed by atoms with Crippen molar-refractivity contribution in [3.05, 3.63) is 0 Å². The van der Waals surface area contributed by atoms with Crippen molar-refractivity contribution in [2.45, 2.75) is 46.1 Å². The Hall–Kier alpha value is -0.170. The number of hydrogen-bond donors (Lipinski definition) is 1. The summed E-state index contributed by atoms with van der Waals surface area (Å²) in [5, 5.41) is 9.72. The molecule has 17 heavy (non-hydrogen) atoms. The predicted octanol–water partition coefficient (Wildman–Crippen LogP) is 1.06. The molecule has 0 aromatic carbocycles. The van der Waals surface area contributed by atoms with Crippen LogP contribution >= 0.6 is 0 Å². The average molecular weight is 266 g/mol. The largest absolute Gasteiger partial charge is 0.389 e. The van der Waals surface area contributed by atoms with Crippen LogP contribution in [0, 0.1) is 0 Å². The van der Waals surface area contributed by atoms with Gasteiger partial charge in [0.25, 0.3) is 10.2 Å². The Labute approximate surface area is 106 Å². The van der Waals surface area contributed by atoms with Crippen molar-refractivity contribution in [1.29, 1.82) is 0 Å². The van der Waals surface area contributed by atoms with E-state index in [9.17, 15) is 13.5 Å². The monoisotopic (exact) mass is 266 g/mol. The van der Waals surface area contributed by atoms with Gasteiger partial charge < -0.3 is 5.11 Å². The number of unbranched alkanes of at least 4 members (excludes halogenated alkanes) is 1. The van der Waals surface area contributed by atoms with E-state index in [1.807, 2.05) is 6.92 Å². The summed E-state index contributed by atoms with van der Waals surface area (Å²) in [6.07, 6.45) is 1.80. The van der Waals surface area contributed by atoms with E-state index in [1.165, 1.54) is 8.61 Å². The molecule has 0 radical (unpaired) electrons. The zero-order valence-corrected chi connectivity index (χ0v) is 12.4. The van der Waals surface area contributed by atoms with E-state index in [0.717, 1.165) is 12.8 Å². The van der Waals surface area contributed by atoms with Gasteiger partial charge in [-0.15, -0.1) is 0 Å². The van der Waals surface area contributed by atoms with Gasteiger partial charge >= 0.3 is 0 Å². The van der Waals surface area contributed by atoms with Crippen LogP contribution in [0.5, 0.6) is 0 Å². The molecule has 0 saturated heterocycles. The van der Waals surface area contributed by atoms with Gasteiger partial charge in [-0.2, -0.15) is 17.0 Å². The quantitative estimate of drug-likeness (QED) is 0.714. The fourth-order valence-corrected chi connectivity index (χ4v) is 3.04. The minimum absolute atomic E-state index is 0.113. The Kier molecular flexibility index (Phi) is 6.61. The maximum atomic E-state index is 12.2. The lowest BCUT2D eigenvalue weighted by Crippen LogP contribution is -2.47. The van der Waals surface area contributed by atoms with E-state index in [4.69, 9.17) is 0 Å². The minimum atomic E-state index is -3.45. The molecule has 0 saturated carbocycles. The fourth-order valence-electron chi connectivity index (χ4n) is 1.48. The molecule has 0 heterocycles. The molecule has 104 valence electrons. The maximum Gasteiger partial charge on any atom is 0.281 e. The summed E-state index contributed by atoms with van der Waals surface area (Å²) in [4.78, 5) is 0. The first kappa shape index (κ1) is 16.8. The lowest BCUT2D eigenvalue weighted by atomic mass is 10.1. The second-order valence-electron chi connectivity index (χ2n) is 4.92. The highest BCUT2D eigenvalue weighted by Gasteiger charge is 2.29. The van der Waals surface area contributed by atoms with Crippen LogP contribution in [0.25, 0.3) is 0 Å². The Morgan fingerprint density at radius 2 is 1.76 bits per heavy atom. The van der Waals surface area contributed by atoms with E-state index < -0.39 is 15.8 Å². The summed E-state index contributed by atoms with van der Waals surface area (Å²) in [7, 11) is -1.87. The molecule has 0 aromatic rings. The predicted molar refractivity (Wildman–Crippen MR) is 70.0 cm³/mol. The van der Waals surface area contributed by atoms with Crippen molar-refractivity contribution < 1.29 is 13.5 Å². The summed E-state index contributed by atoms with van der Waals surface area (Å²) in [6, 6.07) is 0. The summed E-state index contributed by atoms with van der Waals surface area (Å²) in [5.74, 6) is 0. The second-order valence-corrected chi connectivity index (χ2v) is 6.96. The van der Waals surface area contributed by atoms with Gasteiger partial charge in [0.05, 0.1) is 5.60 Å². The molecule has 0 atom stereocenters. The van der Waals surface area contributed by atoms with Crippen LogP contribution in [-0.2, 0) is 10.2 Å². The Bertz CT molecular complexity index is 309. The van der Waals surface area contributed by atoms with Crippen LogP contribution in [0.3, 0.4) is 0 Å². The zero-order chi connectivity index (χ0) is 13.7. The molecule has 0 aliphatic heterocycles. The number of rotatable bonds is 8. The first-order valence-electron chi connectivity index (χ1n) is 6.09. The molecule has 5 nitrogen and oxygen atoms in total. The molecular weight excluding hydrogens is 240 g/mol. The summed E-state index contributed by atoms with van der Waals surface area (Å²) >= 11 is 0. The van der Waals surface area contributed by atoms with Gasteiger partial charge in [0.15, 0.2) is 0 Å². The third-order valence-corrected chi connectivity index (χ3v) is 4.47. The van der Waals surface area contributed by atoms with Crippen LogP contribution in [0.2, 0.25) is 0 Å². The molecule has 6 heteroatoms. The number of nitrogens with zero attached hydrogens (tertiary/aromatic N) is 2. The van der Waals surface area contributed by atoms with Crippen molar-refractivity contribution >= 4 is 10.2 Å². The van der Waals surface area contributed by atoms with Gasteiger partial charge in [0, 0.05) is 26.7 Å². The normalized spacial score (nSPS) is 13.6. The zero-order valence-electron chi connectivity index (χ0n) is 11.6. The highest BCUT2D eigenvalue weighted by molar-refractivity contribution is 7.86. The molecule has 0 spiro atoms. The van der Waals surface area contributed by atoms with Crippen LogP contribution in [0.4, 0.5) is 0 Å². The lowest BCUT2D eigenvalue weighted by molar-refractivity contribution is 0.0587. The number of hydrogen-bond acceptors (Lipinski definition) is 3. The molecule has 0 aliphatic rings. The van der Waals surface area contributed by atoms with Crippen molar-refractivity contribution in [3.8, 4) is 0 Å². The molecular formula is C11H26N2O3S. The number of aliphatic hydroxyl groups is 1. The van der Waals surface area contributed by atoms with E-state index >= 15 is 0 Å². The van der Waals surface area contributed by atoms with Gasteiger partial charge in [-0.25, -0.2) is 0 Å². The molecule has 0 aliphatic carbocycles. The molecule has 0 rings (SSSR count). The van der Waals surface area contributed by atoms with Gasteiger partial charge in [0.2, 0.25) is 0 Å². The third-order valence-electron chi connectivity index (χ3n) is 2.46. The first-order valence-corrected chi connectivity index (χ1v) is 7.48. The SMILES string of the molecule is CCCCN(C)S(=O)(=O)N(CC)CC(C)(C)O. The summed E-state index contributed by atoms with van der Waals surface area (Å²) in [5.41, 5.74) is -1.02.